The highest BCUT2D eigenvalue weighted by molar-refractivity contribution is 6.06. The van der Waals surface area contributed by atoms with Crippen molar-refractivity contribution in [2.75, 3.05) is 31.2 Å². The monoisotopic (exact) mass is 258 g/mol. The number of aromatic nitrogens is 1. The van der Waals surface area contributed by atoms with E-state index in [-0.39, 0.29) is 0 Å². The maximum Gasteiger partial charge on any atom is 0.336 e. The number of hydrogen-bond acceptors (Lipinski definition) is 4. The molecule has 1 aliphatic rings. The zero-order chi connectivity index (χ0) is 13.2. The van der Waals surface area contributed by atoms with Crippen molar-refractivity contribution in [1.82, 2.24) is 4.98 Å². The second-order valence-electron chi connectivity index (χ2n) is 4.44. The van der Waals surface area contributed by atoms with Crippen molar-refractivity contribution in [1.29, 1.82) is 0 Å². The van der Waals surface area contributed by atoms with Crippen LogP contribution in [0.1, 0.15) is 10.4 Å². The number of carboxylic acid groups (broad SMARTS) is 1. The van der Waals surface area contributed by atoms with Gasteiger partial charge in [-0.2, -0.15) is 0 Å². The van der Waals surface area contributed by atoms with Crippen LogP contribution < -0.4 is 4.90 Å². The normalized spacial score (nSPS) is 15.7. The predicted molar refractivity (Wildman–Crippen MR) is 71.7 cm³/mol. The van der Waals surface area contributed by atoms with Crippen LogP contribution in [0.3, 0.4) is 0 Å². The van der Waals surface area contributed by atoms with E-state index in [0.29, 0.717) is 18.8 Å². The number of benzene rings is 1. The third kappa shape index (κ3) is 2.13. The SMILES string of the molecule is O=C(O)c1cccc2c(N3CCOCC3)nccc12. The fourth-order valence-electron chi connectivity index (χ4n) is 2.41. The van der Waals surface area contributed by atoms with E-state index in [0.717, 1.165) is 29.7 Å². The summed E-state index contributed by atoms with van der Waals surface area (Å²) in [5.74, 6) is -0.0753. The molecule has 19 heavy (non-hydrogen) atoms. The highest BCUT2D eigenvalue weighted by Crippen LogP contribution is 2.27. The number of ether oxygens (including phenoxy) is 1. The number of carboxylic acids is 1. The molecule has 0 unspecified atom stereocenters. The lowest BCUT2D eigenvalue weighted by Gasteiger charge is -2.28. The first kappa shape index (κ1) is 11.9. The van der Waals surface area contributed by atoms with E-state index < -0.39 is 5.97 Å². The van der Waals surface area contributed by atoms with E-state index in [9.17, 15) is 9.90 Å². The van der Waals surface area contributed by atoms with Gasteiger partial charge in [-0.05, 0) is 12.1 Å². The van der Waals surface area contributed by atoms with Gasteiger partial charge in [0.1, 0.15) is 5.82 Å². The molecule has 0 bridgehead atoms. The lowest BCUT2D eigenvalue weighted by molar-refractivity contribution is 0.0699. The molecule has 0 saturated carbocycles. The van der Waals surface area contributed by atoms with Crippen LogP contribution in [0.25, 0.3) is 10.8 Å². The van der Waals surface area contributed by atoms with E-state index >= 15 is 0 Å². The lowest BCUT2D eigenvalue weighted by atomic mass is 10.1. The minimum atomic E-state index is -0.912. The smallest absolute Gasteiger partial charge is 0.336 e. The molecule has 0 aliphatic carbocycles. The molecular weight excluding hydrogens is 244 g/mol. The molecule has 1 aromatic heterocycles. The molecular formula is C14H14N2O3. The van der Waals surface area contributed by atoms with Gasteiger partial charge < -0.3 is 14.7 Å². The average molecular weight is 258 g/mol. The van der Waals surface area contributed by atoms with Gasteiger partial charge in [-0.3, -0.25) is 0 Å². The van der Waals surface area contributed by atoms with Crippen molar-refractivity contribution in [2.45, 2.75) is 0 Å². The number of aromatic carboxylic acids is 1. The number of anilines is 1. The molecule has 5 heteroatoms. The number of rotatable bonds is 2. The third-order valence-corrected chi connectivity index (χ3v) is 3.33. The molecule has 3 rings (SSSR count). The van der Waals surface area contributed by atoms with Gasteiger partial charge in [0.2, 0.25) is 0 Å². The van der Waals surface area contributed by atoms with Crippen molar-refractivity contribution in [3.05, 3.63) is 36.0 Å². The van der Waals surface area contributed by atoms with Crippen molar-refractivity contribution in [3.8, 4) is 0 Å². The van der Waals surface area contributed by atoms with Gasteiger partial charge in [0.15, 0.2) is 0 Å². The van der Waals surface area contributed by atoms with Crippen molar-refractivity contribution >= 4 is 22.6 Å². The topological polar surface area (TPSA) is 62.7 Å². The summed E-state index contributed by atoms with van der Waals surface area (Å²) in [5.41, 5.74) is 0.314. The predicted octanol–water partition coefficient (Wildman–Crippen LogP) is 1.77. The van der Waals surface area contributed by atoms with Crippen molar-refractivity contribution in [3.63, 3.8) is 0 Å². The fourth-order valence-corrected chi connectivity index (χ4v) is 2.41. The Labute approximate surface area is 110 Å². The highest BCUT2D eigenvalue weighted by Gasteiger charge is 2.17. The highest BCUT2D eigenvalue weighted by atomic mass is 16.5. The van der Waals surface area contributed by atoms with Crippen molar-refractivity contribution < 1.29 is 14.6 Å². The van der Waals surface area contributed by atoms with Gasteiger partial charge in [-0.1, -0.05) is 12.1 Å². The maximum absolute atomic E-state index is 11.2. The van der Waals surface area contributed by atoms with Crippen LogP contribution in [-0.2, 0) is 4.74 Å². The number of carbonyl (C=O) groups is 1. The molecule has 98 valence electrons. The Hall–Kier alpha value is -2.14. The van der Waals surface area contributed by atoms with E-state index in [1.165, 1.54) is 0 Å². The molecule has 0 radical (unpaired) electrons. The first-order valence-electron chi connectivity index (χ1n) is 6.21. The molecule has 5 nitrogen and oxygen atoms in total. The number of nitrogens with zero attached hydrogens (tertiary/aromatic N) is 2. The summed E-state index contributed by atoms with van der Waals surface area (Å²) in [6.07, 6.45) is 1.67. The first-order valence-corrected chi connectivity index (χ1v) is 6.21. The molecule has 1 aromatic carbocycles. The molecule has 1 N–H and O–H groups in total. The fraction of sp³-hybridized carbons (Fsp3) is 0.286. The Morgan fingerprint density at radius 1 is 1.21 bits per heavy atom. The van der Waals surface area contributed by atoms with Crippen LogP contribution >= 0.6 is 0 Å². The van der Waals surface area contributed by atoms with Crippen LogP contribution in [-0.4, -0.2) is 42.4 Å². The van der Waals surface area contributed by atoms with Crippen LogP contribution in [0.2, 0.25) is 0 Å². The minimum absolute atomic E-state index is 0.314. The largest absolute Gasteiger partial charge is 0.478 e. The number of fused-ring (bicyclic) bond motifs is 1. The van der Waals surface area contributed by atoms with Gasteiger partial charge >= 0.3 is 5.97 Å². The van der Waals surface area contributed by atoms with E-state index in [1.807, 2.05) is 6.07 Å². The van der Waals surface area contributed by atoms with E-state index in [1.54, 1.807) is 24.4 Å². The molecule has 1 saturated heterocycles. The number of pyridine rings is 1. The molecule has 0 atom stereocenters. The summed E-state index contributed by atoms with van der Waals surface area (Å²) in [4.78, 5) is 17.8. The van der Waals surface area contributed by atoms with Crippen LogP contribution in [0, 0.1) is 0 Å². The van der Waals surface area contributed by atoms with Crippen LogP contribution in [0.4, 0.5) is 5.82 Å². The maximum atomic E-state index is 11.2. The quantitative estimate of drug-likeness (QED) is 0.889. The zero-order valence-corrected chi connectivity index (χ0v) is 10.4. The van der Waals surface area contributed by atoms with Gasteiger partial charge in [-0.15, -0.1) is 0 Å². The molecule has 0 amide bonds. The zero-order valence-electron chi connectivity index (χ0n) is 10.4. The Bertz CT molecular complexity index is 621. The molecule has 0 spiro atoms. The second kappa shape index (κ2) is 4.85. The average Bonchev–Trinajstić information content (AvgIpc) is 2.46. The number of morpholine rings is 1. The summed E-state index contributed by atoms with van der Waals surface area (Å²) < 4.78 is 5.33. The van der Waals surface area contributed by atoms with E-state index in [2.05, 4.69) is 9.88 Å². The Kier molecular flexibility index (Phi) is 3.05. The Morgan fingerprint density at radius 2 is 2.00 bits per heavy atom. The second-order valence-corrected chi connectivity index (χ2v) is 4.44. The summed E-state index contributed by atoms with van der Waals surface area (Å²) >= 11 is 0. The molecule has 2 heterocycles. The van der Waals surface area contributed by atoms with Gasteiger partial charge in [0, 0.05) is 30.1 Å². The standard InChI is InChI=1S/C14H14N2O3/c17-14(18)12-3-1-2-11-10(12)4-5-15-13(11)16-6-8-19-9-7-16/h1-5H,6-9H2,(H,17,18). The summed E-state index contributed by atoms with van der Waals surface area (Å²) in [7, 11) is 0. The third-order valence-electron chi connectivity index (χ3n) is 3.33. The van der Waals surface area contributed by atoms with Gasteiger partial charge in [-0.25, -0.2) is 9.78 Å². The molecule has 2 aromatic rings. The lowest BCUT2D eigenvalue weighted by Crippen LogP contribution is -2.36. The van der Waals surface area contributed by atoms with Crippen LogP contribution in [0.5, 0.6) is 0 Å². The Morgan fingerprint density at radius 3 is 2.74 bits per heavy atom. The van der Waals surface area contributed by atoms with E-state index in [4.69, 9.17) is 4.74 Å². The number of hydrogen-bond donors (Lipinski definition) is 1. The first-order chi connectivity index (χ1) is 9.27. The Balaban J connectivity index is 2.15. The minimum Gasteiger partial charge on any atom is -0.478 e. The molecule has 1 fully saturated rings. The van der Waals surface area contributed by atoms with Crippen LogP contribution in [0.15, 0.2) is 30.5 Å². The van der Waals surface area contributed by atoms with Crippen molar-refractivity contribution in [2.24, 2.45) is 0 Å². The summed E-state index contributed by atoms with van der Waals surface area (Å²) in [6.45, 7) is 2.92. The molecule has 1 aliphatic heterocycles. The summed E-state index contributed by atoms with van der Waals surface area (Å²) in [6, 6.07) is 7.05. The van der Waals surface area contributed by atoms with Gasteiger partial charge in [0.25, 0.3) is 0 Å². The van der Waals surface area contributed by atoms with Gasteiger partial charge in [0.05, 0.1) is 18.8 Å². The summed E-state index contributed by atoms with van der Waals surface area (Å²) in [5, 5.41) is 10.8.